The Kier molecular flexibility index (Phi) is 7.37. The van der Waals surface area contributed by atoms with Crippen molar-refractivity contribution in [1.82, 2.24) is 13.9 Å². The van der Waals surface area contributed by atoms with E-state index in [1.807, 2.05) is 11.5 Å². The van der Waals surface area contributed by atoms with Crippen molar-refractivity contribution in [1.29, 1.82) is 0 Å². The van der Waals surface area contributed by atoms with Crippen molar-refractivity contribution in [3.8, 4) is 11.5 Å². The zero-order chi connectivity index (χ0) is 23.3. The van der Waals surface area contributed by atoms with Crippen molar-refractivity contribution in [3.05, 3.63) is 48.3 Å². The molecule has 0 saturated heterocycles. The first-order valence-corrected chi connectivity index (χ1v) is 11.5. The van der Waals surface area contributed by atoms with E-state index in [2.05, 4.69) is 4.98 Å². The molecule has 2 aromatic carbocycles. The van der Waals surface area contributed by atoms with Gasteiger partial charge in [0.05, 0.1) is 36.1 Å². The fourth-order valence-electron chi connectivity index (χ4n) is 3.14. The summed E-state index contributed by atoms with van der Waals surface area (Å²) in [5.41, 5.74) is 1.31. The molecule has 32 heavy (non-hydrogen) atoms. The Morgan fingerprint density at radius 3 is 2.41 bits per heavy atom. The van der Waals surface area contributed by atoms with E-state index < -0.39 is 16.0 Å². The molecule has 0 N–H and O–H groups in total. The molecule has 0 aliphatic carbocycles. The average molecular weight is 462 g/mol. The second kappa shape index (κ2) is 10.0. The summed E-state index contributed by atoms with van der Waals surface area (Å²) in [4.78, 5) is 16.8. The summed E-state index contributed by atoms with van der Waals surface area (Å²) in [5, 5.41) is 0. The number of rotatable bonds is 10. The minimum Gasteiger partial charge on any atom is -0.497 e. The number of hydrogen-bond acceptors (Lipinski definition) is 7. The van der Waals surface area contributed by atoms with Crippen LogP contribution in [0, 0.1) is 0 Å². The number of aromatic nitrogens is 2. The third-order valence-corrected chi connectivity index (χ3v) is 6.70. The van der Waals surface area contributed by atoms with Crippen LogP contribution in [0.25, 0.3) is 11.0 Å². The number of hydrogen-bond donors (Lipinski definition) is 0. The molecule has 0 aliphatic rings. The Balaban J connectivity index is 1.62. The quantitative estimate of drug-likeness (QED) is 0.428. The van der Waals surface area contributed by atoms with Gasteiger partial charge in [0.15, 0.2) is 0 Å². The Hall–Kier alpha value is -3.11. The largest absolute Gasteiger partial charge is 0.497 e. The second-order valence-corrected chi connectivity index (χ2v) is 9.30. The lowest BCUT2D eigenvalue weighted by molar-refractivity contribution is -0.145. The standard InChI is InChI=1S/C22H27N3O6S/c1-5-25-20-11-10-18(32(27,28)24(2)3)14-19(20)23-21(25)15-31-22(26)12-13-30-17-8-6-16(29-4)7-9-17/h6-11,14H,5,12-13,15H2,1-4H3. The molecule has 10 heteroatoms. The third-order valence-electron chi connectivity index (χ3n) is 4.89. The summed E-state index contributed by atoms with van der Waals surface area (Å²) in [6.45, 7) is 2.71. The Bertz CT molecular complexity index is 1190. The van der Waals surface area contributed by atoms with Crippen LogP contribution in [-0.2, 0) is 32.7 Å². The first-order chi connectivity index (χ1) is 15.3. The number of ether oxygens (including phenoxy) is 3. The summed E-state index contributed by atoms with van der Waals surface area (Å²) in [7, 11) is 0.982. The molecule has 0 spiro atoms. The molecule has 9 nitrogen and oxygen atoms in total. The van der Waals surface area contributed by atoms with E-state index >= 15 is 0 Å². The maximum absolute atomic E-state index is 12.4. The Labute approximate surface area is 187 Å². The molecule has 172 valence electrons. The molecule has 0 atom stereocenters. The number of nitrogens with zero attached hydrogens (tertiary/aromatic N) is 3. The van der Waals surface area contributed by atoms with Crippen molar-refractivity contribution >= 4 is 27.0 Å². The van der Waals surface area contributed by atoms with Gasteiger partial charge < -0.3 is 18.8 Å². The number of imidazole rings is 1. The molecule has 0 radical (unpaired) electrons. The maximum atomic E-state index is 12.4. The lowest BCUT2D eigenvalue weighted by Crippen LogP contribution is -2.22. The Morgan fingerprint density at radius 1 is 1.09 bits per heavy atom. The van der Waals surface area contributed by atoms with Gasteiger partial charge in [-0.05, 0) is 49.4 Å². The number of esters is 1. The summed E-state index contributed by atoms with van der Waals surface area (Å²) >= 11 is 0. The van der Waals surface area contributed by atoms with Crippen LogP contribution in [0.15, 0.2) is 47.4 Å². The smallest absolute Gasteiger partial charge is 0.309 e. The molecule has 1 heterocycles. The number of sulfonamides is 1. The average Bonchev–Trinajstić information content (AvgIpc) is 3.14. The van der Waals surface area contributed by atoms with Crippen molar-refractivity contribution < 1.29 is 27.4 Å². The molecular weight excluding hydrogens is 434 g/mol. The molecule has 1 aromatic heterocycles. The summed E-state index contributed by atoms with van der Waals surface area (Å²) < 4.78 is 43.8. The number of carbonyl (C=O) groups is 1. The van der Waals surface area contributed by atoms with Crippen LogP contribution in [0.4, 0.5) is 0 Å². The summed E-state index contributed by atoms with van der Waals surface area (Å²) in [5.74, 6) is 1.49. The van der Waals surface area contributed by atoms with Crippen LogP contribution in [-0.4, -0.2) is 56.1 Å². The van der Waals surface area contributed by atoms with Crippen LogP contribution in [0.3, 0.4) is 0 Å². The summed E-state index contributed by atoms with van der Waals surface area (Å²) in [6, 6.07) is 11.9. The van der Waals surface area contributed by atoms with Crippen LogP contribution in [0.5, 0.6) is 11.5 Å². The lowest BCUT2D eigenvalue weighted by Gasteiger charge is -2.11. The van der Waals surface area contributed by atoms with E-state index in [9.17, 15) is 13.2 Å². The molecular formula is C22H27N3O6S. The van der Waals surface area contributed by atoms with Gasteiger partial charge in [0.2, 0.25) is 10.0 Å². The van der Waals surface area contributed by atoms with Gasteiger partial charge in [-0.1, -0.05) is 0 Å². The molecule has 0 saturated carbocycles. The molecule has 0 amide bonds. The maximum Gasteiger partial charge on any atom is 0.309 e. The third kappa shape index (κ3) is 5.20. The molecule has 0 aliphatic heterocycles. The number of aryl methyl sites for hydroxylation is 1. The predicted molar refractivity (Wildman–Crippen MR) is 119 cm³/mol. The van der Waals surface area contributed by atoms with E-state index in [0.717, 1.165) is 15.6 Å². The van der Waals surface area contributed by atoms with E-state index in [1.165, 1.54) is 20.2 Å². The van der Waals surface area contributed by atoms with Crippen LogP contribution < -0.4 is 9.47 Å². The molecule has 0 unspecified atom stereocenters. The zero-order valence-electron chi connectivity index (χ0n) is 18.6. The van der Waals surface area contributed by atoms with E-state index in [4.69, 9.17) is 14.2 Å². The van der Waals surface area contributed by atoms with Crippen molar-refractivity contribution in [3.63, 3.8) is 0 Å². The monoisotopic (exact) mass is 461 g/mol. The van der Waals surface area contributed by atoms with E-state index in [1.54, 1.807) is 43.5 Å². The first kappa shape index (κ1) is 23.6. The van der Waals surface area contributed by atoms with E-state index in [0.29, 0.717) is 23.6 Å². The van der Waals surface area contributed by atoms with Crippen LogP contribution in [0.2, 0.25) is 0 Å². The minimum absolute atomic E-state index is 0.0142. The van der Waals surface area contributed by atoms with Gasteiger partial charge in [-0.3, -0.25) is 4.79 Å². The highest BCUT2D eigenvalue weighted by Crippen LogP contribution is 2.23. The zero-order valence-corrected chi connectivity index (χ0v) is 19.4. The highest BCUT2D eigenvalue weighted by molar-refractivity contribution is 7.89. The highest BCUT2D eigenvalue weighted by atomic mass is 32.2. The fourth-order valence-corrected chi connectivity index (χ4v) is 4.06. The van der Waals surface area contributed by atoms with Gasteiger partial charge in [0, 0.05) is 20.6 Å². The van der Waals surface area contributed by atoms with Gasteiger partial charge >= 0.3 is 5.97 Å². The lowest BCUT2D eigenvalue weighted by atomic mass is 10.3. The topological polar surface area (TPSA) is 100.0 Å². The number of benzene rings is 2. The number of methoxy groups -OCH3 is 1. The van der Waals surface area contributed by atoms with Gasteiger partial charge in [-0.2, -0.15) is 0 Å². The minimum atomic E-state index is -3.56. The summed E-state index contributed by atoms with van der Waals surface area (Å²) in [6.07, 6.45) is 0.0869. The molecule has 3 aromatic rings. The molecule has 0 bridgehead atoms. The van der Waals surface area contributed by atoms with Crippen molar-refractivity contribution in [2.75, 3.05) is 27.8 Å². The van der Waals surface area contributed by atoms with Crippen LogP contribution in [0.1, 0.15) is 19.2 Å². The van der Waals surface area contributed by atoms with Crippen molar-refractivity contribution in [2.24, 2.45) is 0 Å². The highest BCUT2D eigenvalue weighted by Gasteiger charge is 2.20. The van der Waals surface area contributed by atoms with Gasteiger partial charge in [0.25, 0.3) is 0 Å². The first-order valence-electron chi connectivity index (χ1n) is 10.1. The molecule has 3 rings (SSSR count). The van der Waals surface area contributed by atoms with Crippen molar-refractivity contribution in [2.45, 2.75) is 31.4 Å². The number of fused-ring (bicyclic) bond motifs is 1. The van der Waals surface area contributed by atoms with Crippen LogP contribution >= 0.6 is 0 Å². The predicted octanol–water partition coefficient (Wildman–Crippen LogP) is 2.83. The molecule has 0 fully saturated rings. The van der Waals surface area contributed by atoms with Gasteiger partial charge in [-0.15, -0.1) is 0 Å². The second-order valence-electron chi connectivity index (χ2n) is 7.14. The SMILES string of the molecule is CCn1c(COC(=O)CCOc2ccc(OC)cc2)nc2cc(S(=O)(=O)N(C)C)ccc21. The fraction of sp³-hybridized carbons (Fsp3) is 0.364. The van der Waals surface area contributed by atoms with E-state index in [-0.39, 0.29) is 24.5 Å². The Morgan fingerprint density at radius 2 is 1.78 bits per heavy atom. The number of carbonyl (C=O) groups excluding carboxylic acids is 1. The normalized spacial score (nSPS) is 11.7. The van der Waals surface area contributed by atoms with Gasteiger partial charge in [0.1, 0.15) is 23.9 Å². The van der Waals surface area contributed by atoms with Gasteiger partial charge in [-0.25, -0.2) is 17.7 Å².